The number of nitrogens with one attached hydrogen (secondary N) is 1. The fraction of sp³-hybridized carbons (Fsp3) is 0.467. The van der Waals surface area contributed by atoms with E-state index in [1.54, 1.807) is 12.1 Å². The third-order valence-electron chi connectivity index (χ3n) is 3.75. The number of aromatic nitrogens is 2. The zero-order valence-corrected chi connectivity index (χ0v) is 12.4. The molecule has 1 aromatic heterocycles. The van der Waals surface area contributed by atoms with Gasteiger partial charge in [-0.15, -0.1) is 0 Å². The Labute approximate surface area is 127 Å². The van der Waals surface area contributed by atoms with E-state index in [0.717, 1.165) is 19.5 Å². The number of rotatable bonds is 4. The van der Waals surface area contributed by atoms with Crippen molar-refractivity contribution >= 4 is 11.6 Å². The molecule has 2 heterocycles. The van der Waals surface area contributed by atoms with Crippen LogP contribution in [-0.4, -0.2) is 23.2 Å². The normalized spacial score (nSPS) is 18.9. The zero-order chi connectivity index (χ0) is 14.7. The molecule has 0 aliphatic carbocycles. The second-order valence-electron chi connectivity index (χ2n) is 5.41. The Morgan fingerprint density at radius 1 is 1.43 bits per heavy atom. The van der Waals surface area contributed by atoms with Gasteiger partial charge in [-0.05, 0) is 43.5 Å². The monoisotopic (exact) mass is 309 g/mol. The summed E-state index contributed by atoms with van der Waals surface area (Å²) in [5.41, 5.74) is 0.481. The summed E-state index contributed by atoms with van der Waals surface area (Å²) in [4.78, 5) is 4.36. The third kappa shape index (κ3) is 3.60. The van der Waals surface area contributed by atoms with Crippen molar-refractivity contribution in [2.45, 2.75) is 25.7 Å². The van der Waals surface area contributed by atoms with Gasteiger partial charge >= 0.3 is 0 Å². The molecule has 0 spiro atoms. The Bertz CT molecular complexity index is 611. The third-order valence-corrected chi connectivity index (χ3v) is 4.04. The lowest BCUT2D eigenvalue weighted by Gasteiger charge is -2.20. The fourth-order valence-electron chi connectivity index (χ4n) is 2.65. The largest absolute Gasteiger partial charge is 0.339 e. The number of halogens is 2. The van der Waals surface area contributed by atoms with Gasteiger partial charge in [0.15, 0.2) is 5.82 Å². The Hall–Kier alpha value is -1.46. The Balaban J connectivity index is 1.66. The first-order valence-electron chi connectivity index (χ1n) is 7.17. The molecule has 6 heteroatoms. The van der Waals surface area contributed by atoms with Gasteiger partial charge in [0.1, 0.15) is 5.82 Å². The summed E-state index contributed by atoms with van der Waals surface area (Å²) in [6, 6.07) is 4.93. The highest BCUT2D eigenvalue weighted by atomic mass is 35.5. The van der Waals surface area contributed by atoms with Crippen molar-refractivity contribution < 1.29 is 8.91 Å². The van der Waals surface area contributed by atoms with Crippen LogP contribution in [0.5, 0.6) is 0 Å². The van der Waals surface area contributed by atoms with Crippen LogP contribution in [0, 0.1) is 11.7 Å². The minimum absolute atomic E-state index is 0.115. The lowest BCUT2D eigenvalue weighted by molar-refractivity contribution is 0.314. The maximum atomic E-state index is 13.8. The van der Waals surface area contributed by atoms with Crippen LogP contribution in [0.15, 0.2) is 22.7 Å². The highest BCUT2D eigenvalue weighted by Crippen LogP contribution is 2.20. The smallest absolute Gasteiger partial charge is 0.226 e. The SMILES string of the molecule is Fc1c(Cl)cccc1Cc1noc(CC2CCCNC2)n1. The second kappa shape index (κ2) is 6.54. The van der Waals surface area contributed by atoms with Gasteiger partial charge in [0, 0.05) is 12.8 Å². The lowest BCUT2D eigenvalue weighted by atomic mass is 9.96. The molecule has 21 heavy (non-hydrogen) atoms. The Kier molecular flexibility index (Phi) is 4.51. The summed E-state index contributed by atoms with van der Waals surface area (Å²) in [5.74, 6) is 1.24. The molecule has 0 bridgehead atoms. The summed E-state index contributed by atoms with van der Waals surface area (Å²) < 4.78 is 19.1. The average molecular weight is 310 g/mol. The van der Waals surface area contributed by atoms with E-state index >= 15 is 0 Å². The minimum atomic E-state index is -0.415. The summed E-state index contributed by atoms with van der Waals surface area (Å²) in [6.45, 7) is 2.07. The van der Waals surface area contributed by atoms with E-state index in [4.69, 9.17) is 16.1 Å². The molecule has 0 amide bonds. The van der Waals surface area contributed by atoms with E-state index in [-0.39, 0.29) is 5.02 Å². The molecule has 1 aromatic carbocycles. The topological polar surface area (TPSA) is 51.0 Å². The molecule has 1 fully saturated rings. The first-order chi connectivity index (χ1) is 10.2. The Morgan fingerprint density at radius 2 is 2.33 bits per heavy atom. The number of hydrogen-bond acceptors (Lipinski definition) is 4. The van der Waals surface area contributed by atoms with Crippen LogP contribution >= 0.6 is 11.6 Å². The molecule has 112 valence electrons. The quantitative estimate of drug-likeness (QED) is 0.943. The van der Waals surface area contributed by atoms with Gasteiger partial charge in [0.2, 0.25) is 5.89 Å². The van der Waals surface area contributed by atoms with Crippen LogP contribution < -0.4 is 5.32 Å². The van der Waals surface area contributed by atoms with E-state index in [2.05, 4.69) is 15.5 Å². The van der Waals surface area contributed by atoms with Crippen molar-refractivity contribution in [2.75, 3.05) is 13.1 Å². The molecule has 3 rings (SSSR count). The van der Waals surface area contributed by atoms with Crippen molar-refractivity contribution in [3.63, 3.8) is 0 Å². The molecule has 1 N–H and O–H groups in total. The zero-order valence-electron chi connectivity index (χ0n) is 11.6. The molecular formula is C15H17ClFN3O. The first kappa shape index (κ1) is 14.5. The van der Waals surface area contributed by atoms with Gasteiger partial charge < -0.3 is 9.84 Å². The molecule has 4 nitrogen and oxygen atoms in total. The van der Waals surface area contributed by atoms with Crippen LogP contribution in [-0.2, 0) is 12.8 Å². The van der Waals surface area contributed by atoms with E-state index in [0.29, 0.717) is 29.6 Å². The van der Waals surface area contributed by atoms with Crippen molar-refractivity contribution in [1.82, 2.24) is 15.5 Å². The second-order valence-corrected chi connectivity index (χ2v) is 5.82. The molecule has 2 aromatic rings. The highest BCUT2D eigenvalue weighted by Gasteiger charge is 2.18. The van der Waals surface area contributed by atoms with Crippen LogP contribution in [0.25, 0.3) is 0 Å². The maximum Gasteiger partial charge on any atom is 0.226 e. The highest BCUT2D eigenvalue weighted by molar-refractivity contribution is 6.30. The van der Waals surface area contributed by atoms with Gasteiger partial charge in [0.05, 0.1) is 5.02 Å². The van der Waals surface area contributed by atoms with Gasteiger partial charge in [-0.2, -0.15) is 4.98 Å². The van der Waals surface area contributed by atoms with Crippen molar-refractivity contribution in [3.8, 4) is 0 Å². The van der Waals surface area contributed by atoms with E-state index < -0.39 is 5.82 Å². The predicted molar refractivity (Wildman–Crippen MR) is 77.8 cm³/mol. The van der Waals surface area contributed by atoms with Crippen LogP contribution in [0.2, 0.25) is 5.02 Å². The van der Waals surface area contributed by atoms with Crippen molar-refractivity contribution in [1.29, 1.82) is 0 Å². The molecular weight excluding hydrogens is 293 g/mol. The summed E-state index contributed by atoms with van der Waals surface area (Å²) >= 11 is 5.77. The first-order valence-corrected chi connectivity index (χ1v) is 7.55. The molecule has 1 aliphatic rings. The van der Waals surface area contributed by atoms with E-state index in [9.17, 15) is 4.39 Å². The molecule has 1 aliphatic heterocycles. The Morgan fingerprint density at radius 3 is 3.14 bits per heavy atom. The molecule has 0 saturated carbocycles. The minimum Gasteiger partial charge on any atom is -0.339 e. The predicted octanol–water partition coefficient (Wildman–Crippen LogP) is 3.00. The van der Waals surface area contributed by atoms with Crippen LogP contribution in [0.1, 0.15) is 30.1 Å². The van der Waals surface area contributed by atoms with Crippen LogP contribution in [0.4, 0.5) is 4.39 Å². The van der Waals surface area contributed by atoms with Gasteiger partial charge in [0.25, 0.3) is 0 Å². The molecule has 0 radical (unpaired) electrons. The number of benzene rings is 1. The molecule has 1 unspecified atom stereocenters. The van der Waals surface area contributed by atoms with Crippen LogP contribution in [0.3, 0.4) is 0 Å². The number of hydrogen-bond donors (Lipinski definition) is 1. The standard InChI is InChI=1S/C15H17ClFN3O/c16-12-5-1-4-11(15(12)17)8-13-19-14(21-20-13)7-10-3-2-6-18-9-10/h1,4-5,10,18H,2-3,6-9H2. The molecule has 1 atom stereocenters. The van der Waals surface area contributed by atoms with Gasteiger partial charge in [-0.25, -0.2) is 4.39 Å². The molecule has 1 saturated heterocycles. The van der Waals surface area contributed by atoms with Gasteiger partial charge in [-0.3, -0.25) is 0 Å². The van der Waals surface area contributed by atoms with Crippen molar-refractivity contribution in [2.24, 2.45) is 5.92 Å². The number of piperidine rings is 1. The van der Waals surface area contributed by atoms with E-state index in [1.807, 2.05) is 0 Å². The summed E-state index contributed by atoms with van der Waals surface area (Å²) in [7, 11) is 0. The maximum absolute atomic E-state index is 13.8. The number of nitrogens with zero attached hydrogens (tertiary/aromatic N) is 2. The van der Waals surface area contributed by atoms with Gasteiger partial charge in [-0.1, -0.05) is 28.9 Å². The summed E-state index contributed by atoms with van der Waals surface area (Å²) in [5, 5.41) is 7.41. The lowest BCUT2D eigenvalue weighted by Crippen LogP contribution is -2.30. The fourth-order valence-corrected chi connectivity index (χ4v) is 2.84. The van der Waals surface area contributed by atoms with E-state index in [1.165, 1.54) is 18.9 Å². The average Bonchev–Trinajstić information content (AvgIpc) is 2.92. The summed E-state index contributed by atoms with van der Waals surface area (Å²) in [6.07, 6.45) is 3.42. The van der Waals surface area contributed by atoms with Crippen molar-refractivity contribution in [3.05, 3.63) is 46.3 Å².